The van der Waals surface area contributed by atoms with E-state index in [9.17, 15) is 13.2 Å². The number of para-hydroxylation sites is 1. The summed E-state index contributed by atoms with van der Waals surface area (Å²) in [4.78, 5) is 17.2. The van der Waals surface area contributed by atoms with Gasteiger partial charge in [0.1, 0.15) is 18.2 Å². The molecule has 4 rings (SSSR count). The van der Waals surface area contributed by atoms with Crippen LogP contribution in [-0.2, 0) is 26.2 Å². The third-order valence-corrected chi connectivity index (χ3v) is 8.10. The third kappa shape index (κ3) is 6.98. The molecule has 1 heterocycles. The minimum absolute atomic E-state index is 0.0799. The van der Waals surface area contributed by atoms with Gasteiger partial charge in [0.25, 0.3) is 5.19 Å². The topological polar surface area (TPSA) is 94.6 Å². The molecule has 0 radical (unpaired) electrons. The molecule has 0 aliphatic rings. The number of rotatable bonds is 9. The van der Waals surface area contributed by atoms with Crippen LogP contribution in [0.2, 0.25) is 0 Å². The number of nitrogens with zero attached hydrogens (tertiary/aromatic N) is 1. The zero-order valence-electron chi connectivity index (χ0n) is 22.1. The number of thiazole rings is 1. The van der Waals surface area contributed by atoms with Gasteiger partial charge in [0, 0.05) is 0 Å². The largest absolute Gasteiger partial charge is 0.465 e. The third-order valence-electron chi connectivity index (χ3n) is 5.70. The number of hydrogen-bond acceptors (Lipinski definition) is 7. The van der Waals surface area contributed by atoms with Crippen LogP contribution < -0.4 is 9.46 Å². The smallest absolute Gasteiger partial charge is 0.324 e. The van der Waals surface area contributed by atoms with Crippen molar-refractivity contribution < 1.29 is 22.7 Å². The van der Waals surface area contributed by atoms with Crippen LogP contribution in [0.5, 0.6) is 5.19 Å². The summed E-state index contributed by atoms with van der Waals surface area (Å²) in [5.74, 6) is -0.879. The van der Waals surface area contributed by atoms with E-state index in [1.807, 2.05) is 48.5 Å². The number of fused-ring (bicyclic) bond motifs is 1. The summed E-state index contributed by atoms with van der Waals surface area (Å²) < 4.78 is 40.9. The van der Waals surface area contributed by atoms with Crippen LogP contribution in [0.1, 0.15) is 40.2 Å². The maximum atomic E-state index is 13.0. The molecule has 4 aromatic rings. The Morgan fingerprint density at radius 3 is 2.13 bits per heavy atom. The summed E-state index contributed by atoms with van der Waals surface area (Å²) >= 11 is 1.52. The van der Waals surface area contributed by atoms with Gasteiger partial charge in [-0.1, -0.05) is 73.7 Å². The monoisotopic (exact) mass is 552 g/mol. The van der Waals surface area contributed by atoms with Crippen LogP contribution in [0.3, 0.4) is 0 Å². The molecular weight excluding hydrogens is 520 g/mol. The second-order valence-corrected chi connectivity index (χ2v) is 13.0. The molecule has 0 aliphatic heterocycles. The van der Waals surface area contributed by atoms with Crippen molar-refractivity contribution in [1.29, 1.82) is 0 Å². The molecule has 38 heavy (non-hydrogen) atoms. The van der Waals surface area contributed by atoms with E-state index >= 15 is 0 Å². The Morgan fingerprint density at radius 2 is 1.55 bits per heavy atom. The van der Waals surface area contributed by atoms with Crippen LogP contribution in [0.15, 0.2) is 77.7 Å². The first-order chi connectivity index (χ1) is 17.9. The predicted octanol–water partition coefficient (Wildman–Crippen LogP) is 6.19. The minimum atomic E-state index is -3.93. The first-order valence-electron chi connectivity index (χ1n) is 12.3. The van der Waals surface area contributed by atoms with Gasteiger partial charge in [0.2, 0.25) is 10.0 Å². The molecule has 0 fully saturated rings. The highest BCUT2D eigenvalue weighted by molar-refractivity contribution is 7.89. The van der Waals surface area contributed by atoms with Crippen molar-refractivity contribution >= 4 is 37.5 Å². The van der Waals surface area contributed by atoms with Crippen LogP contribution in [-0.4, -0.2) is 31.0 Å². The summed E-state index contributed by atoms with van der Waals surface area (Å²) in [7, 11) is -3.93. The zero-order chi connectivity index (χ0) is 27.5. The van der Waals surface area contributed by atoms with Gasteiger partial charge < -0.3 is 9.47 Å². The van der Waals surface area contributed by atoms with Crippen LogP contribution in [0.4, 0.5) is 0 Å². The predicted molar refractivity (Wildman–Crippen MR) is 151 cm³/mol. The lowest BCUT2D eigenvalue weighted by Crippen LogP contribution is -2.47. The molecule has 0 spiro atoms. The van der Waals surface area contributed by atoms with Gasteiger partial charge in [0.05, 0.1) is 15.1 Å². The molecule has 1 aromatic heterocycles. The molecule has 3 aromatic carbocycles. The fourth-order valence-corrected chi connectivity index (χ4v) is 5.88. The number of carbonyl (C=O) groups is 1. The number of esters is 1. The van der Waals surface area contributed by atoms with E-state index in [1.54, 1.807) is 46.8 Å². The second kappa shape index (κ2) is 11.2. The molecule has 1 N–H and O–H groups in total. The maximum Gasteiger partial charge on any atom is 0.324 e. The van der Waals surface area contributed by atoms with Gasteiger partial charge in [-0.05, 0) is 67.6 Å². The van der Waals surface area contributed by atoms with Crippen molar-refractivity contribution in [2.24, 2.45) is 5.92 Å². The summed E-state index contributed by atoms with van der Waals surface area (Å²) in [6.07, 6.45) is 0. The zero-order valence-corrected chi connectivity index (χ0v) is 23.7. The average molecular weight is 553 g/mol. The van der Waals surface area contributed by atoms with Crippen LogP contribution in [0, 0.1) is 5.92 Å². The lowest BCUT2D eigenvalue weighted by atomic mass is 10.0. The summed E-state index contributed by atoms with van der Waals surface area (Å²) in [6, 6.07) is 21.4. The van der Waals surface area contributed by atoms with Crippen LogP contribution >= 0.6 is 11.3 Å². The van der Waals surface area contributed by atoms with Crippen LogP contribution in [0.25, 0.3) is 21.3 Å². The molecular formula is C29H32N2O5S2. The van der Waals surface area contributed by atoms with E-state index < -0.39 is 27.6 Å². The van der Waals surface area contributed by atoms with Gasteiger partial charge in [-0.15, -0.1) is 0 Å². The number of ether oxygens (including phenoxy) is 2. The Labute approximate surface area is 227 Å². The fraction of sp³-hybridized carbons (Fsp3) is 0.310. The van der Waals surface area contributed by atoms with Crippen molar-refractivity contribution in [1.82, 2.24) is 9.71 Å². The highest BCUT2D eigenvalue weighted by Gasteiger charge is 2.32. The van der Waals surface area contributed by atoms with E-state index in [0.717, 1.165) is 26.9 Å². The standard InChI is InChI=1S/C29H32N2O5S2/c1-19(2)26(27(32)36-29(3,4)5)31-38(33,34)23-16-14-22(15-17-23)21-12-10-20(11-13-21)18-35-28-30-24-8-6-7-9-25(24)37-28/h6-17,19,26,31H,18H2,1-5H3. The molecule has 1 atom stereocenters. The van der Waals surface area contributed by atoms with E-state index in [-0.39, 0.29) is 10.8 Å². The summed E-state index contributed by atoms with van der Waals surface area (Å²) in [5.41, 5.74) is 3.02. The Hall–Kier alpha value is -3.27. The summed E-state index contributed by atoms with van der Waals surface area (Å²) in [5, 5.41) is 0.632. The quantitative estimate of drug-likeness (QED) is 0.249. The number of carbonyl (C=O) groups excluding carboxylic acids is 1. The average Bonchev–Trinajstić information content (AvgIpc) is 3.28. The molecule has 200 valence electrons. The molecule has 0 aliphatic carbocycles. The molecule has 7 nitrogen and oxygen atoms in total. The lowest BCUT2D eigenvalue weighted by Gasteiger charge is -2.26. The van der Waals surface area contributed by atoms with Crippen molar-refractivity contribution in [2.45, 2.75) is 57.8 Å². The van der Waals surface area contributed by atoms with E-state index in [2.05, 4.69) is 9.71 Å². The van der Waals surface area contributed by atoms with Gasteiger partial charge in [0.15, 0.2) is 0 Å². The number of hydrogen-bond donors (Lipinski definition) is 1. The van der Waals surface area contributed by atoms with E-state index in [4.69, 9.17) is 9.47 Å². The van der Waals surface area contributed by atoms with Crippen molar-refractivity contribution in [3.05, 3.63) is 78.4 Å². The lowest BCUT2D eigenvalue weighted by molar-refractivity contribution is -0.158. The van der Waals surface area contributed by atoms with E-state index in [0.29, 0.717) is 11.8 Å². The Morgan fingerprint density at radius 1 is 0.947 bits per heavy atom. The van der Waals surface area contributed by atoms with Crippen molar-refractivity contribution in [3.63, 3.8) is 0 Å². The maximum absolute atomic E-state index is 13.0. The minimum Gasteiger partial charge on any atom is -0.465 e. The normalized spacial score (nSPS) is 13.0. The number of benzene rings is 3. The Balaban J connectivity index is 1.41. The molecule has 1 unspecified atom stereocenters. The van der Waals surface area contributed by atoms with Gasteiger partial charge in [-0.3, -0.25) is 4.79 Å². The highest BCUT2D eigenvalue weighted by Crippen LogP contribution is 2.28. The van der Waals surface area contributed by atoms with Gasteiger partial charge in [-0.25, -0.2) is 13.4 Å². The molecule has 0 saturated heterocycles. The number of sulfonamides is 1. The van der Waals surface area contributed by atoms with Gasteiger partial charge in [-0.2, -0.15) is 4.72 Å². The molecule has 0 bridgehead atoms. The highest BCUT2D eigenvalue weighted by atomic mass is 32.2. The van der Waals surface area contributed by atoms with Crippen molar-refractivity contribution in [2.75, 3.05) is 0 Å². The Bertz CT molecular complexity index is 1470. The molecule has 0 amide bonds. The fourth-order valence-electron chi connectivity index (χ4n) is 3.73. The first-order valence-corrected chi connectivity index (χ1v) is 14.6. The Kier molecular flexibility index (Phi) is 8.20. The van der Waals surface area contributed by atoms with Gasteiger partial charge >= 0.3 is 5.97 Å². The second-order valence-electron chi connectivity index (χ2n) is 10.3. The molecule has 9 heteroatoms. The SMILES string of the molecule is CC(C)C(NS(=O)(=O)c1ccc(-c2ccc(COc3nc4ccccc4s3)cc2)cc1)C(=O)OC(C)(C)C. The molecule has 0 saturated carbocycles. The number of nitrogens with one attached hydrogen (secondary N) is 1. The van der Waals surface area contributed by atoms with Crippen molar-refractivity contribution in [3.8, 4) is 16.3 Å². The summed E-state index contributed by atoms with van der Waals surface area (Å²) in [6.45, 7) is 9.19. The van der Waals surface area contributed by atoms with E-state index in [1.165, 1.54) is 23.5 Å². The number of aromatic nitrogens is 1. The first kappa shape index (κ1) is 27.8.